The zero-order valence-electron chi connectivity index (χ0n) is 9.50. The molecule has 2 rings (SSSR count). The van der Waals surface area contributed by atoms with E-state index in [9.17, 15) is 0 Å². The van der Waals surface area contributed by atoms with Gasteiger partial charge >= 0.3 is 0 Å². The number of H-pyrrole nitrogens is 1. The second-order valence-corrected chi connectivity index (χ2v) is 4.52. The number of aromatic nitrogens is 1. The summed E-state index contributed by atoms with van der Waals surface area (Å²) in [4.78, 5) is 5.52. The van der Waals surface area contributed by atoms with E-state index in [2.05, 4.69) is 34.5 Å². The smallest absolute Gasteiger partial charge is 0.0195 e. The molecule has 2 heterocycles. The van der Waals surface area contributed by atoms with Crippen molar-refractivity contribution < 1.29 is 0 Å². The largest absolute Gasteiger partial charge is 0.367 e. The predicted octanol–water partition coefficient (Wildman–Crippen LogP) is 1.24. The summed E-state index contributed by atoms with van der Waals surface area (Å²) in [5.41, 5.74) is 1.40. The lowest BCUT2D eigenvalue weighted by Crippen LogP contribution is -2.36. The summed E-state index contributed by atoms with van der Waals surface area (Å²) in [6, 6.07) is 2.88. The number of nitrogens with zero attached hydrogens (tertiary/aromatic N) is 1. The van der Waals surface area contributed by atoms with Gasteiger partial charge in [-0.05, 0) is 44.5 Å². The Labute approximate surface area is 91.9 Å². The summed E-state index contributed by atoms with van der Waals surface area (Å²) >= 11 is 0. The second-order valence-electron chi connectivity index (χ2n) is 4.52. The third kappa shape index (κ3) is 3.36. The van der Waals surface area contributed by atoms with E-state index in [1.165, 1.54) is 31.5 Å². The highest BCUT2D eigenvalue weighted by atomic mass is 15.1. The SMILES string of the molecule is CN(CCc1cc[nH]c1)CC1CCCN1. The van der Waals surface area contributed by atoms with Gasteiger partial charge in [-0.1, -0.05) is 0 Å². The highest BCUT2D eigenvalue weighted by Crippen LogP contribution is 2.06. The molecule has 0 saturated carbocycles. The lowest BCUT2D eigenvalue weighted by atomic mass is 10.2. The molecule has 3 nitrogen and oxygen atoms in total. The van der Waals surface area contributed by atoms with Gasteiger partial charge in [-0.25, -0.2) is 0 Å². The molecule has 1 unspecified atom stereocenters. The van der Waals surface area contributed by atoms with Gasteiger partial charge in [0.25, 0.3) is 0 Å². The van der Waals surface area contributed by atoms with Crippen molar-refractivity contribution in [2.24, 2.45) is 0 Å². The number of hydrogen-bond acceptors (Lipinski definition) is 2. The van der Waals surface area contributed by atoms with Crippen LogP contribution in [0.15, 0.2) is 18.5 Å². The molecule has 3 heteroatoms. The predicted molar refractivity (Wildman–Crippen MR) is 63.0 cm³/mol. The van der Waals surface area contributed by atoms with Gasteiger partial charge in [0, 0.05) is 31.5 Å². The highest BCUT2D eigenvalue weighted by Gasteiger charge is 2.15. The molecule has 0 aromatic carbocycles. The van der Waals surface area contributed by atoms with Crippen LogP contribution in [-0.2, 0) is 6.42 Å². The molecule has 0 aliphatic carbocycles. The maximum Gasteiger partial charge on any atom is 0.0195 e. The van der Waals surface area contributed by atoms with Gasteiger partial charge in [-0.15, -0.1) is 0 Å². The lowest BCUT2D eigenvalue weighted by Gasteiger charge is -2.20. The molecule has 1 aromatic rings. The first-order valence-electron chi connectivity index (χ1n) is 5.88. The maximum absolute atomic E-state index is 3.53. The zero-order chi connectivity index (χ0) is 10.5. The molecule has 84 valence electrons. The minimum Gasteiger partial charge on any atom is -0.367 e. The summed E-state index contributed by atoms with van der Waals surface area (Å²) in [5.74, 6) is 0. The van der Waals surface area contributed by atoms with Gasteiger partial charge in [0.05, 0.1) is 0 Å². The number of aromatic amines is 1. The van der Waals surface area contributed by atoms with Crippen LogP contribution in [0, 0.1) is 0 Å². The van der Waals surface area contributed by atoms with Crippen molar-refractivity contribution in [3.05, 3.63) is 24.0 Å². The standard InChI is InChI=1S/C12H21N3/c1-15(10-12-3-2-6-14-12)8-5-11-4-7-13-9-11/h4,7,9,12-14H,2-3,5-6,8,10H2,1H3. The van der Waals surface area contributed by atoms with Gasteiger partial charge in [0.2, 0.25) is 0 Å². The van der Waals surface area contributed by atoms with Crippen LogP contribution in [0.5, 0.6) is 0 Å². The van der Waals surface area contributed by atoms with Crippen LogP contribution < -0.4 is 5.32 Å². The second kappa shape index (κ2) is 5.33. The first-order valence-corrected chi connectivity index (χ1v) is 5.88. The Morgan fingerprint density at radius 3 is 3.13 bits per heavy atom. The molecule has 0 radical (unpaired) electrons. The number of hydrogen-bond donors (Lipinski definition) is 2. The zero-order valence-corrected chi connectivity index (χ0v) is 9.50. The maximum atomic E-state index is 3.53. The van der Waals surface area contributed by atoms with E-state index < -0.39 is 0 Å². The lowest BCUT2D eigenvalue weighted by molar-refractivity contribution is 0.304. The molecule has 1 saturated heterocycles. The molecule has 2 N–H and O–H groups in total. The fourth-order valence-electron chi connectivity index (χ4n) is 2.21. The third-order valence-corrected chi connectivity index (χ3v) is 3.14. The Morgan fingerprint density at radius 1 is 1.53 bits per heavy atom. The van der Waals surface area contributed by atoms with Gasteiger partial charge in [0.1, 0.15) is 0 Å². The van der Waals surface area contributed by atoms with E-state index in [0.717, 1.165) is 19.0 Å². The molecule has 1 aliphatic heterocycles. The average molecular weight is 207 g/mol. The van der Waals surface area contributed by atoms with Gasteiger partial charge < -0.3 is 15.2 Å². The Morgan fingerprint density at radius 2 is 2.47 bits per heavy atom. The van der Waals surface area contributed by atoms with E-state index in [1.807, 2.05) is 6.20 Å². The summed E-state index contributed by atoms with van der Waals surface area (Å²) in [7, 11) is 2.21. The summed E-state index contributed by atoms with van der Waals surface area (Å²) in [6.45, 7) is 3.54. The molecule has 1 fully saturated rings. The van der Waals surface area contributed by atoms with Gasteiger partial charge in [-0.3, -0.25) is 0 Å². The average Bonchev–Trinajstić information content (AvgIpc) is 2.86. The Kier molecular flexibility index (Phi) is 3.80. The molecule has 1 aromatic heterocycles. The third-order valence-electron chi connectivity index (χ3n) is 3.14. The molecular weight excluding hydrogens is 186 g/mol. The van der Waals surface area contributed by atoms with E-state index in [0.29, 0.717) is 0 Å². The Bertz CT molecular complexity index is 262. The number of likely N-dealkylation sites (N-methyl/N-ethyl adjacent to an activating group) is 1. The van der Waals surface area contributed by atoms with Crippen LogP contribution in [0.3, 0.4) is 0 Å². The first kappa shape index (κ1) is 10.7. The van der Waals surface area contributed by atoms with Crippen molar-refractivity contribution in [3.8, 4) is 0 Å². The van der Waals surface area contributed by atoms with Crippen LogP contribution >= 0.6 is 0 Å². The number of rotatable bonds is 5. The summed E-state index contributed by atoms with van der Waals surface area (Å²) in [5, 5.41) is 3.53. The van der Waals surface area contributed by atoms with E-state index >= 15 is 0 Å². The number of nitrogens with one attached hydrogen (secondary N) is 2. The molecule has 15 heavy (non-hydrogen) atoms. The van der Waals surface area contributed by atoms with Gasteiger partial charge in [0.15, 0.2) is 0 Å². The molecule has 1 atom stereocenters. The fourth-order valence-corrected chi connectivity index (χ4v) is 2.21. The van der Waals surface area contributed by atoms with E-state index in [4.69, 9.17) is 0 Å². The minimum atomic E-state index is 0.723. The van der Waals surface area contributed by atoms with Gasteiger partial charge in [-0.2, -0.15) is 0 Å². The van der Waals surface area contributed by atoms with Crippen LogP contribution in [-0.4, -0.2) is 42.6 Å². The molecule has 0 bridgehead atoms. The fraction of sp³-hybridized carbons (Fsp3) is 0.667. The summed E-state index contributed by atoms with van der Waals surface area (Å²) in [6.07, 6.45) is 7.91. The van der Waals surface area contributed by atoms with Crippen LogP contribution in [0.2, 0.25) is 0 Å². The van der Waals surface area contributed by atoms with Crippen molar-refractivity contribution in [3.63, 3.8) is 0 Å². The van der Waals surface area contributed by atoms with Crippen molar-refractivity contribution >= 4 is 0 Å². The molecular formula is C12H21N3. The van der Waals surface area contributed by atoms with Crippen molar-refractivity contribution in [1.82, 2.24) is 15.2 Å². The van der Waals surface area contributed by atoms with Crippen molar-refractivity contribution in [1.29, 1.82) is 0 Å². The quantitative estimate of drug-likeness (QED) is 0.761. The monoisotopic (exact) mass is 207 g/mol. The van der Waals surface area contributed by atoms with Crippen LogP contribution in [0.25, 0.3) is 0 Å². The topological polar surface area (TPSA) is 31.1 Å². The van der Waals surface area contributed by atoms with E-state index in [-0.39, 0.29) is 0 Å². The normalized spacial score (nSPS) is 21.3. The van der Waals surface area contributed by atoms with Crippen LogP contribution in [0.1, 0.15) is 18.4 Å². The van der Waals surface area contributed by atoms with E-state index in [1.54, 1.807) is 0 Å². The van der Waals surface area contributed by atoms with Crippen LogP contribution in [0.4, 0.5) is 0 Å². The first-order chi connectivity index (χ1) is 7.34. The minimum absolute atomic E-state index is 0.723. The van der Waals surface area contributed by atoms with Crippen molar-refractivity contribution in [2.45, 2.75) is 25.3 Å². The Hall–Kier alpha value is -0.800. The highest BCUT2D eigenvalue weighted by molar-refractivity contribution is 5.08. The van der Waals surface area contributed by atoms with Crippen molar-refractivity contribution in [2.75, 3.05) is 26.7 Å². The molecule has 1 aliphatic rings. The molecule has 0 spiro atoms. The molecule has 0 amide bonds. The summed E-state index contributed by atoms with van der Waals surface area (Å²) < 4.78 is 0. The Balaban J connectivity index is 1.66.